The minimum Gasteiger partial charge on any atom is -0.341 e. The van der Waals surface area contributed by atoms with Crippen molar-refractivity contribution in [2.45, 2.75) is 54.6 Å². The summed E-state index contributed by atoms with van der Waals surface area (Å²) in [6, 6.07) is 10.0. The fourth-order valence-electron chi connectivity index (χ4n) is 3.94. The minimum atomic E-state index is -3.84. The molecule has 9 heteroatoms. The molecule has 32 heavy (non-hydrogen) atoms. The number of carbonyl (C=O) groups excluding carboxylic acids is 2. The van der Waals surface area contributed by atoms with Crippen molar-refractivity contribution < 1.29 is 18.0 Å². The van der Waals surface area contributed by atoms with Crippen molar-refractivity contribution in [3.8, 4) is 0 Å². The quantitative estimate of drug-likeness (QED) is 0.656. The summed E-state index contributed by atoms with van der Waals surface area (Å²) in [5, 5.41) is 1.89. The number of carbonyl (C=O) groups is 2. The first-order valence-electron chi connectivity index (χ1n) is 10.8. The van der Waals surface area contributed by atoms with Gasteiger partial charge in [-0.05, 0) is 62.1 Å². The van der Waals surface area contributed by atoms with Gasteiger partial charge in [0, 0.05) is 18.0 Å². The van der Waals surface area contributed by atoms with Crippen LogP contribution in [0.4, 0.5) is 11.4 Å². The molecule has 0 aromatic heterocycles. The zero-order valence-electron chi connectivity index (χ0n) is 18.2. The van der Waals surface area contributed by atoms with E-state index < -0.39 is 21.2 Å². The van der Waals surface area contributed by atoms with E-state index in [1.54, 1.807) is 23.1 Å². The van der Waals surface area contributed by atoms with Crippen molar-refractivity contribution in [3.05, 3.63) is 47.5 Å². The van der Waals surface area contributed by atoms with Gasteiger partial charge >= 0.3 is 0 Å². The summed E-state index contributed by atoms with van der Waals surface area (Å²) in [5.41, 5.74) is 2.76. The molecule has 0 spiro atoms. The van der Waals surface area contributed by atoms with Crippen molar-refractivity contribution in [2.75, 3.05) is 23.1 Å². The SMILES string of the molecule is Cc1cccc(NS(=O)(=O)c2ccc3c(c2)NC(=O)[C@H](C(=O)N2CCCCCC2)S3)c1C. The molecule has 1 fully saturated rings. The number of amides is 2. The Labute approximate surface area is 193 Å². The van der Waals surface area contributed by atoms with E-state index in [1.165, 1.54) is 23.9 Å². The first kappa shape index (κ1) is 22.7. The summed E-state index contributed by atoms with van der Waals surface area (Å²) in [7, 11) is -3.84. The lowest BCUT2D eigenvalue weighted by Gasteiger charge is -2.29. The van der Waals surface area contributed by atoms with Gasteiger partial charge < -0.3 is 10.2 Å². The van der Waals surface area contributed by atoms with E-state index in [2.05, 4.69) is 10.0 Å². The average molecular weight is 474 g/mol. The van der Waals surface area contributed by atoms with Crippen LogP contribution in [0.5, 0.6) is 0 Å². The maximum Gasteiger partial charge on any atom is 0.261 e. The lowest BCUT2D eigenvalue weighted by molar-refractivity contribution is -0.133. The summed E-state index contributed by atoms with van der Waals surface area (Å²) in [4.78, 5) is 28.2. The largest absolute Gasteiger partial charge is 0.341 e. The number of sulfonamides is 1. The van der Waals surface area contributed by atoms with Gasteiger partial charge in [0.2, 0.25) is 11.8 Å². The average Bonchev–Trinajstić information content (AvgIpc) is 3.05. The summed E-state index contributed by atoms with van der Waals surface area (Å²) in [6.45, 7) is 5.13. The van der Waals surface area contributed by atoms with Crippen molar-refractivity contribution in [1.82, 2.24) is 4.90 Å². The Balaban J connectivity index is 1.54. The molecule has 1 atom stereocenters. The number of anilines is 2. The number of nitrogens with zero attached hydrogens (tertiary/aromatic N) is 1. The number of hydrogen-bond donors (Lipinski definition) is 2. The normalized spacial score (nSPS) is 19.0. The highest BCUT2D eigenvalue weighted by molar-refractivity contribution is 8.01. The van der Waals surface area contributed by atoms with Crippen LogP contribution < -0.4 is 10.0 Å². The summed E-state index contributed by atoms with van der Waals surface area (Å²) >= 11 is 1.18. The lowest BCUT2D eigenvalue weighted by atomic mass is 10.1. The van der Waals surface area contributed by atoms with E-state index in [0.717, 1.165) is 36.8 Å². The molecule has 0 aliphatic carbocycles. The molecular formula is C23H27N3O4S2. The molecular weight excluding hydrogens is 446 g/mol. The highest BCUT2D eigenvalue weighted by Crippen LogP contribution is 2.38. The van der Waals surface area contributed by atoms with Crippen molar-refractivity contribution in [2.24, 2.45) is 0 Å². The van der Waals surface area contributed by atoms with Crippen molar-refractivity contribution in [3.63, 3.8) is 0 Å². The third-order valence-electron chi connectivity index (χ3n) is 5.99. The van der Waals surface area contributed by atoms with E-state index >= 15 is 0 Å². The molecule has 2 aliphatic heterocycles. The first-order chi connectivity index (χ1) is 15.3. The Hall–Kier alpha value is -2.52. The molecule has 2 aromatic carbocycles. The van der Waals surface area contributed by atoms with Gasteiger partial charge in [-0.25, -0.2) is 8.42 Å². The number of nitrogens with one attached hydrogen (secondary N) is 2. The zero-order valence-corrected chi connectivity index (χ0v) is 19.8. The summed E-state index contributed by atoms with van der Waals surface area (Å²) < 4.78 is 28.5. The molecule has 2 amide bonds. The van der Waals surface area contributed by atoms with Crippen LogP contribution in [-0.4, -0.2) is 43.5 Å². The van der Waals surface area contributed by atoms with Crippen molar-refractivity contribution in [1.29, 1.82) is 0 Å². The van der Waals surface area contributed by atoms with E-state index in [-0.39, 0.29) is 10.8 Å². The maximum absolute atomic E-state index is 13.0. The van der Waals surface area contributed by atoms with E-state index in [1.807, 2.05) is 19.9 Å². The molecule has 0 bridgehead atoms. The Bertz CT molecular complexity index is 1160. The molecule has 170 valence electrons. The number of likely N-dealkylation sites (tertiary alicyclic amines) is 1. The predicted molar refractivity (Wildman–Crippen MR) is 126 cm³/mol. The number of benzene rings is 2. The maximum atomic E-state index is 13.0. The van der Waals surface area contributed by atoms with Crippen LogP contribution >= 0.6 is 11.8 Å². The van der Waals surface area contributed by atoms with Crippen LogP contribution in [0.2, 0.25) is 0 Å². The first-order valence-corrected chi connectivity index (χ1v) is 13.1. The Kier molecular flexibility index (Phi) is 6.48. The van der Waals surface area contributed by atoms with Gasteiger partial charge in [0.1, 0.15) is 0 Å². The minimum absolute atomic E-state index is 0.0513. The van der Waals surface area contributed by atoms with Gasteiger partial charge in [-0.2, -0.15) is 0 Å². The third kappa shape index (κ3) is 4.63. The second kappa shape index (κ2) is 9.15. The summed E-state index contributed by atoms with van der Waals surface area (Å²) in [6.07, 6.45) is 4.11. The van der Waals surface area contributed by atoms with Gasteiger partial charge in [-0.1, -0.05) is 25.0 Å². The zero-order chi connectivity index (χ0) is 22.9. The number of thioether (sulfide) groups is 1. The van der Waals surface area contributed by atoms with Crippen molar-refractivity contribution >= 4 is 45.0 Å². The molecule has 2 aromatic rings. The molecule has 0 unspecified atom stereocenters. The Morgan fingerprint density at radius 3 is 2.53 bits per heavy atom. The number of hydrogen-bond acceptors (Lipinski definition) is 5. The fraction of sp³-hybridized carbons (Fsp3) is 0.391. The van der Waals surface area contributed by atoms with Crippen LogP contribution in [0.25, 0.3) is 0 Å². The van der Waals surface area contributed by atoms with Crippen LogP contribution in [-0.2, 0) is 19.6 Å². The van der Waals surface area contributed by atoms with E-state index in [0.29, 0.717) is 29.4 Å². The van der Waals surface area contributed by atoms with E-state index in [9.17, 15) is 18.0 Å². The van der Waals surface area contributed by atoms with Crippen LogP contribution in [0.15, 0.2) is 46.2 Å². The molecule has 2 heterocycles. The van der Waals surface area contributed by atoms with Gasteiger partial charge in [-0.3, -0.25) is 14.3 Å². The van der Waals surface area contributed by atoms with Gasteiger partial charge in [0.25, 0.3) is 10.0 Å². The third-order valence-corrected chi connectivity index (χ3v) is 8.62. The molecule has 4 rings (SSSR count). The fourth-order valence-corrected chi connectivity index (χ4v) is 6.14. The van der Waals surface area contributed by atoms with Gasteiger partial charge in [-0.15, -0.1) is 11.8 Å². The Morgan fingerprint density at radius 2 is 1.81 bits per heavy atom. The molecule has 0 saturated carbocycles. The van der Waals surface area contributed by atoms with Crippen LogP contribution in [0.3, 0.4) is 0 Å². The summed E-state index contributed by atoms with van der Waals surface area (Å²) in [5.74, 6) is -0.581. The molecule has 0 radical (unpaired) electrons. The van der Waals surface area contributed by atoms with Crippen LogP contribution in [0.1, 0.15) is 36.8 Å². The topological polar surface area (TPSA) is 95.6 Å². The van der Waals surface area contributed by atoms with Crippen LogP contribution in [0, 0.1) is 13.8 Å². The molecule has 7 nitrogen and oxygen atoms in total. The molecule has 1 saturated heterocycles. The standard InChI is InChI=1S/C23H27N3O4S2/c1-15-8-7-9-18(16(15)2)25-32(29,30)17-10-11-20-19(14-17)24-22(27)21(31-20)23(28)26-12-5-3-4-6-13-26/h7-11,14,21,25H,3-6,12-13H2,1-2H3,(H,24,27)/t21-/m1/s1. The highest BCUT2D eigenvalue weighted by Gasteiger charge is 2.36. The van der Waals surface area contributed by atoms with E-state index in [4.69, 9.17) is 0 Å². The smallest absolute Gasteiger partial charge is 0.261 e. The Morgan fingerprint density at radius 1 is 1.09 bits per heavy atom. The highest BCUT2D eigenvalue weighted by atomic mass is 32.2. The number of rotatable bonds is 4. The molecule has 2 aliphatic rings. The second-order valence-corrected chi connectivity index (χ2v) is 11.1. The van der Waals surface area contributed by atoms with Gasteiger partial charge in [0.05, 0.1) is 16.3 Å². The number of aryl methyl sites for hydroxylation is 1. The lowest BCUT2D eigenvalue weighted by Crippen LogP contribution is -2.45. The number of fused-ring (bicyclic) bond motifs is 1. The second-order valence-electron chi connectivity index (χ2n) is 8.24. The van der Waals surface area contributed by atoms with Gasteiger partial charge in [0.15, 0.2) is 5.25 Å². The molecule has 2 N–H and O–H groups in total. The monoisotopic (exact) mass is 473 g/mol. The predicted octanol–water partition coefficient (Wildman–Crippen LogP) is 3.92.